The molecule has 0 aliphatic heterocycles. The van der Waals surface area contributed by atoms with Gasteiger partial charge in [0, 0.05) is 19.2 Å². The first-order valence-electron chi connectivity index (χ1n) is 8.23. The Morgan fingerprint density at radius 2 is 1.88 bits per heavy atom. The molecule has 0 aliphatic rings. The fourth-order valence-electron chi connectivity index (χ4n) is 2.52. The van der Waals surface area contributed by atoms with Crippen molar-refractivity contribution in [2.24, 2.45) is 0 Å². The van der Waals surface area contributed by atoms with Gasteiger partial charge in [0.2, 0.25) is 11.8 Å². The maximum absolute atomic E-state index is 12.3. The summed E-state index contributed by atoms with van der Waals surface area (Å²) in [6.07, 6.45) is 0.661. The Bertz CT molecular complexity index is 743. The number of hydrogen-bond acceptors (Lipinski definition) is 3. The number of rotatable bonds is 7. The second kappa shape index (κ2) is 8.87. The van der Waals surface area contributed by atoms with Gasteiger partial charge >= 0.3 is 0 Å². The third kappa shape index (κ3) is 5.64. The van der Waals surface area contributed by atoms with Crippen LogP contribution in [0, 0.1) is 6.92 Å². The Morgan fingerprint density at radius 3 is 2.56 bits per heavy atom. The van der Waals surface area contributed by atoms with Crippen molar-refractivity contribution in [1.29, 1.82) is 0 Å². The highest BCUT2D eigenvalue weighted by Gasteiger charge is 2.14. The van der Waals surface area contributed by atoms with Crippen molar-refractivity contribution in [3.8, 4) is 5.75 Å². The van der Waals surface area contributed by atoms with Gasteiger partial charge in [0.1, 0.15) is 5.75 Å². The minimum absolute atomic E-state index is 0.0354. The van der Waals surface area contributed by atoms with E-state index in [0.29, 0.717) is 13.0 Å². The summed E-state index contributed by atoms with van der Waals surface area (Å²) in [4.78, 5) is 25.7. The lowest BCUT2D eigenvalue weighted by molar-refractivity contribution is -0.132. The van der Waals surface area contributed by atoms with E-state index in [2.05, 4.69) is 5.32 Å². The summed E-state index contributed by atoms with van der Waals surface area (Å²) in [6, 6.07) is 15.3. The van der Waals surface area contributed by atoms with E-state index in [1.54, 1.807) is 12.0 Å². The number of nitrogens with zero attached hydrogens (tertiary/aromatic N) is 1. The molecule has 2 aromatic rings. The molecule has 132 valence electrons. The SMILES string of the molecule is COc1cccc(CCN(CC(=O)Nc2ccccc2C)C(C)=O)c1. The van der Waals surface area contributed by atoms with Gasteiger partial charge < -0.3 is 15.0 Å². The summed E-state index contributed by atoms with van der Waals surface area (Å²) >= 11 is 0. The number of carbonyl (C=O) groups excluding carboxylic acids is 2. The van der Waals surface area contributed by atoms with Crippen LogP contribution < -0.4 is 10.1 Å². The molecule has 0 heterocycles. The second-order valence-corrected chi connectivity index (χ2v) is 5.91. The first-order chi connectivity index (χ1) is 12.0. The topological polar surface area (TPSA) is 58.6 Å². The normalized spacial score (nSPS) is 10.2. The number of amides is 2. The maximum Gasteiger partial charge on any atom is 0.244 e. The lowest BCUT2D eigenvalue weighted by Crippen LogP contribution is -2.38. The van der Waals surface area contributed by atoms with Gasteiger partial charge in [-0.2, -0.15) is 0 Å². The van der Waals surface area contributed by atoms with Crippen molar-refractivity contribution in [1.82, 2.24) is 4.90 Å². The lowest BCUT2D eigenvalue weighted by atomic mass is 10.1. The Hall–Kier alpha value is -2.82. The molecule has 0 bridgehead atoms. The molecule has 2 rings (SSSR count). The van der Waals surface area contributed by atoms with Gasteiger partial charge in [-0.05, 0) is 42.7 Å². The molecule has 5 nitrogen and oxygen atoms in total. The first kappa shape index (κ1) is 18.5. The highest BCUT2D eigenvalue weighted by Crippen LogP contribution is 2.14. The van der Waals surface area contributed by atoms with Crippen molar-refractivity contribution >= 4 is 17.5 Å². The fraction of sp³-hybridized carbons (Fsp3) is 0.300. The minimum atomic E-state index is -0.199. The van der Waals surface area contributed by atoms with E-state index in [0.717, 1.165) is 22.6 Å². The zero-order valence-corrected chi connectivity index (χ0v) is 14.9. The molecule has 1 N–H and O–H groups in total. The molecule has 2 amide bonds. The summed E-state index contributed by atoms with van der Waals surface area (Å²) in [5.41, 5.74) is 2.82. The van der Waals surface area contributed by atoms with Gasteiger partial charge in [0.15, 0.2) is 0 Å². The van der Waals surface area contributed by atoms with E-state index in [1.165, 1.54) is 6.92 Å². The molecule has 0 saturated heterocycles. The molecule has 5 heteroatoms. The quantitative estimate of drug-likeness (QED) is 0.843. The predicted molar refractivity (Wildman–Crippen MR) is 98.8 cm³/mol. The monoisotopic (exact) mass is 340 g/mol. The van der Waals surface area contributed by atoms with Crippen LogP contribution in [-0.2, 0) is 16.0 Å². The van der Waals surface area contributed by atoms with E-state index in [9.17, 15) is 9.59 Å². The van der Waals surface area contributed by atoms with Crippen molar-refractivity contribution in [2.45, 2.75) is 20.3 Å². The number of nitrogens with one attached hydrogen (secondary N) is 1. The van der Waals surface area contributed by atoms with E-state index in [-0.39, 0.29) is 18.4 Å². The number of benzene rings is 2. The van der Waals surface area contributed by atoms with Gasteiger partial charge in [-0.25, -0.2) is 0 Å². The number of anilines is 1. The Kier molecular flexibility index (Phi) is 6.57. The zero-order chi connectivity index (χ0) is 18.2. The molecule has 0 atom stereocenters. The van der Waals surface area contributed by atoms with Gasteiger partial charge in [-0.1, -0.05) is 30.3 Å². The van der Waals surface area contributed by atoms with Crippen molar-refractivity contribution in [3.05, 3.63) is 59.7 Å². The summed E-state index contributed by atoms with van der Waals surface area (Å²) in [6.45, 7) is 3.92. The molecule has 0 unspecified atom stereocenters. The van der Waals surface area contributed by atoms with Gasteiger partial charge in [-0.3, -0.25) is 9.59 Å². The largest absolute Gasteiger partial charge is 0.497 e. The summed E-state index contributed by atoms with van der Waals surface area (Å²) in [7, 11) is 1.62. The molecular formula is C20H24N2O3. The molecule has 2 aromatic carbocycles. The Morgan fingerprint density at radius 1 is 1.12 bits per heavy atom. The smallest absolute Gasteiger partial charge is 0.244 e. The highest BCUT2D eigenvalue weighted by molar-refractivity contribution is 5.94. The Balaban J connectivity index is 1.95. The third-order valence-electron chi connectivity index (χ3n) is 4.00. The van der Waals surface area contributed by atoms with Crippen LogP contribution in [0.2, 0.25) is 0 Å². The van der Waals surface area contributed by atoms with Crippen LogP contribution in [-0.4, -0.2) is 36.9 Å². The van der Waals surface area contributed by atoms with Crippen LogP contribution in [0.15, 0.2) is 48.5 Å². The van der Waals surface area contributed by atoms with E-state index >= 15 is 0 Å². The molecule has 0 radical (unpaired) electrons. The molecule has 25 heavy (non-hydrogen) atoms. The summed E-state index contributed by atoms with van der Waals surface area (Å²) in [5.74, 6) is 0.460. The molecule has 0 saturated carbocycles. The molecule has 0 aliphatic carbocycles. The maximum atomic E-state index is 12.3. The highest BCUT2D eigenvalue weighted by atomic mass is 16.5. The number of carbonyl (C=O) groups is 2. The summed E-state index contributed by atoms with van der Waals surface area (Å²) < 4.78 is 5.21. The predicted octanol–water partition coefficient (Wildman–Crippen LogP) is 3.03. The van der Waals surface area contributed by atoms with Crippen molar-refractivity contribution < 1.29 is 14.3 Å². The van der Waals surface area contributed by atoms with Crippen LogP contribution >= 0.6 is 0 Å². The average molecular weight is 340 g/mol. The standard InChI is InChI=1S/C20H24N2O3/c1-15-7-4-5-10-19(15)21-20(24)14-22(16(2)23)12-11-17-8-6-9-18(13-17)25-3/h4-10,13H,11-12,14H2,1-3H3,(H,21,24). The van der Waals surface area contributed by atoms with E-state index in [1.807, 2.05) is 55.5 Å². The van der Waals surface area contributed by atoms with E-state index < -0.39 is 0 Å². The van der Waals surface area contributed by atoms with Gasteiger partial charge in [0.25, 0.3) is 0 Å². The number of methoxy groups -OCH3 is 1. The third-order valence-corrected chi connectivity index (χ3v) is 4.00. The lowest BCUT2D eigenvalue weighted by Gasteiger charge is -2.21. The summed E-state index contributed by atoms with van der Waals surface area (Å²) in [5, 5.41) is 2.86. The van der Waals surface area contributed by atoms with Crippen LogP contribution in [0.25, 0.3) is 0 Å². The number of aryl methyl sites for hydroxylation is 1. The van der Waals surface area contributed by atoms with Gasteiger partial charge in [0.05, 0.1) is 13.7 Å². The number of ether oxygens (including phenoxy) is 1. The fourth-order valence-corrected chi connectivity index (χ4v) is 2.52. The number of para-hydroxylation sites is 1. The molecule has 0 spiro atoms. The van der Waals surface area contributed by atoms with Crippen LogP contribution in [0.4, 0.5) is 5.69 Å². The van der Waals surface area contributed by atoms with Crippen molar-refractivity contribution in [2.75, 3.05) is 25.5 Å². The minimum Gasteiger partial charge on any atom is -0.497 e. The van der Waals surface area contributed by atoms with Gasteiger partial charge in [-0.15, -0.1) is 0 Å². The van der Waals surface area contributed by atoms with Crippen LogP contribution in [0.1, 0.15) is 18.1 Å². The van der Waals surface area contributed by atoms with Crippen LogP contribution in [0.5, 0.6) is 5.75 Å². The molecular weight excluding hydrogens is 316 g/mol. The van der Waals surface area contributed by atoms with Crippen molar-refractivity contribution in [3.63, 3.8) is 0 Å². The average Bonchev–Trinajstić information content (AvgIpc) is 2.60. The molecule has 0 fully saturated rings. The number of hydrogen-bond donors (Lipinski definition) is 1. The Labute approximate surface area is 148 Å². The second-order valence-electron chi connectivity index (χ2n) is 5.91. The van der Waals surface area contributed by atoms with E-state index in [4.69, 9.17) is 4.74 Å². The molecule has 0 aromatic heterocycles. The first-order valence-corrected chi connectivity index (χ1v) is 8.23. The van der Waals surface area contributed by atoms with Crippen LogP contribution in [0.3, 0.4) is 0 Å². The zero-order valence-electron chi connectivity index (χ0n) is 14.9.